The molecule has 262 valence electrons. The molecule has 1 aromatic carbocycles. The van der Waals surface area contributed by atoms with Gasteiger partial charge in [0, 0.05) is 36.8 Å². The number of carbonyl (C=O) groups is 2. The minimum atomic E-state index is -4.70. The topological polar surface area (TPSA) is 174 Å². The van der Waals surface area contributed by atoms with Gasteiger partial charge < -0.3 is 25.4 Å². The fourth-order valence-electron chi connectivity index (χ4n) is 5.97. The monoisotopic (exact) mass is 713 g/mol. The number of benzene rings is 1. The predicted molar refractivity (Wildman–Crippen MR) is 173 cm³/mol. The third-order valence-electron chi connectivity index (χ3n) is 8.66. The molecule has 0 saturated carbocycles. The Labute approximate surface area is 287 Å². The molecule has 3 N–H and O–H groups in total. The van der Waals surface area contributed by atoms with Gasteiger partial charge in [-0.05, 0) is 38.3 Å². The fourth-order valence-corrected chi connectivity index (χ4v) is 6.26. The minimum absolute atomic E-state index is 0.0414. The van der Waals surface area contributed by atoms with Crippen LogP contribution in [0.1, 0.15) is 58.7 Å². The highest BCUT2D eigenvalue weighted by molar-refractivity contribution is 6.31. The number of aromatic hydroxyl groups is 1. The number of halogens is 4. The number of carbonyl (C=O) groups excluding carboxylic acids is 2. The number of nitrogens with zero attached hydrogens (tertiary/aromatic N) is 8. The van der Waals surface area contributed by atoms with Crippen molar-refractivity contribution in [2.45, 2.75) is 39.4 Å². The standard InChI is InChI=1S/C32H31ClF3N9O5/c1-4-21-25(42-9-11-43(12-10-42)28(48)23-26(46)17(2)38-16-39-23)29(49)45-30(40-22(41-45)7-8-31(3)14-50-15-31)44(21)24(27(37)47)19-6-5-18(13-20(19)33)32(34,35)36/h5-6,13,16,24,46H,4,9-12,14-15H2,1-3H3,(H2,37,47). The fraction of sp³-hybridized carbons (Fsp3) is 0.406. The van der Waals surface area contributed by atoms with Crippen molar-refractivity contribution in [1.29, 1.82) is 0 Å². The zero-order valence-electron chi connectivity index (χ0n) is 27.1. The van der Waals surface area contributed by atoms with E-state index in [-0.39, 0.29) is 83.3 Å². The molecular weight excluding hydrogens is 683 g/mol. The van der Waals surface area contributed by atoms with E-state index >= 15 is 0 Å². The van der Waals surface area contributed by atoms with Gasteiger partial charge >= 0.3 is 6.18 Å². The van der Waals surface area contributed by atoms with Gasteiger partial charge in [0.1, 0.15) is 18.1 Å². The molecule has 0 radical (unpaired) electrons. The van der Waals surface area contributed by atoms with Crippen molar-refractivity contribution < 1.29 is 32.6 Å². The number of aromatic nitrogens is 6. The Kier molecular flexibility index (Phi) is 8.95. The van der Waals surface area contributed by atoms with Crippen molar-refractivity contribution in [3.8, 4) is 17.6 Å². The molecule has 0 spiro atoms. The van der Waals surface area contributed by atoms with E-state index in [1.54, 1.807) is 18.7 Å². The first kappa shape index (κ1) is 34.6. The van der Waals surface area contributed by atoms with Gasteiger partial charge in [-0.15, -0.1) is 5.10 Å². The van der Waals surface area contributed by atoms with Crippen LogP contribution in [0.3, 0.4) is 0 Å². The number of anilines is 1. The second kappa shape index (κ2) is 12.9. The number of hydrogen-bond donors (Lipinski definition) is 2. The van der Waals surface area contributed by atoms with Crippen LogP contribution in [-0.4, -0.2) is 90.3 Å². The van der Waals surface area contributed by atoms with E-state index in [4.69, 9.17) is 22.1 Å². The Morgan fingerprint density at radius 2 is 1.88 bits per heavy atom. The molecule has 3 aromatic heterocycles. The Hall–Kier alpha value is -5.21. The first-order valence-corrected chi connectivity index (χ1v) is 15.9. The van der Waals surface area contributed by atoms with Crippen molar-refractivity contribution in [3.63, 3.8) is 0 Å². The van der Waals surface area contributed by atoms with Gasteiger partial charge in [-0.3, -0.25) is 19.0 Å². The maximum atomic E-state index is 14.3. The molecule has 50 heavy (non-hydrogen) atoms. The van der Waals surface area contributed by atoms with E-state index in [9.17, 15) is 32.7 Å². The second-order valence-electron chi connectivity index (χ2n) is 12.2. The number of aryl methyl sites for hydroxylation is 1. The summed E-state index contributed by atoms with van der Waals surface area (Å²) in [7, 11) is 0. The van der Waals surface area contributed by atoms with Gasteiger partial charge in [0.05, 0.1) is 35.6 Å². The molecule has 6 rings (SSSR count). The number of nitrogens with two attached hydrogens (primary N) is 1. The van der Waals surface area contributed by atoms with Gasteiger partial charge in [0.25, 0.3) is 11.5 Å². The normalized spacial score (nSPS) is 16.5. The number of hydrogen-bond acceptors (Lipinski definition) is 10. The van der Waals surface area contributed by atoms with E-state index in [2.05, 4.69) is 31.9 Å². The van der Waals surface area contributed by atoms with Crippen LogP contribution in [0.15, 0.2) is 29.3 Å². The predicted octanol–water partition coefficient (Wildman–Crippen LogP) is 2.35. The van der Waals surface area contributed by atoms with Crippen molar-refractivity contribution >= 4 is 34.9 Å². The number of ether oxygens (including phenoxy) is 1. The van der Waals surface area contributed by atoms with Gasteiger partial charge in [-0.2, -0.15) is 22.7 Å². The number of amides is 2. The molecule has 1 atom stereocenters. The van der Waals surface area contributed by atoms with E-state index in [1.807, 2.05) is 6.92 Å². The summed E-state index contributed by atoms with van der Waals surface area (Å²) in [6.07, 6.45) is -3.38. The lowest BCUT2D eigenvalue weighted by Crippen LogP contribution is -2.51. The zero-order chi connectivity index (χ0) is 36.1. The lowest BCUT2D eigenvalue weighted by atomic mass is 9.90. The smallest absolute Gasteiger partial charge is 0.416 e. The average molecular weight is 714 g/mol. The molecule has 2 aliphatic rings. The molecule has 2 aliphatic heterocycles. The van der Waals surface area contributed by atoms with Crippen molar-refractivity contribution in [1.82, 2.24) is 34.0 Å². The Bertz CT molecular complexity index is 2150. The van der Waals surface area contributed by atoms with Gasteiger partial charge in [0.15, 0.2) is 11.4 Å². The minimum Gasteiger partial charge on any atom is -0.504 e. The van der Waals surface area contributed by atoms with E-state index in [1.165, 1.54) is 15.8 Å². The highest BCUT2D eigenvalue weighted by Gasteiger charge is 2.36. The van der Waals surface area contributed by atoms with Crippen LogP contribution >= 0.6 is 11.6 Å². The number of rotatable bonds is 6. The van der Waals surface area contributed by atoms with Crippen molar-refractivity contribution in [2.75, 3.05) is 44.3 Å². The summed E-state index contributed by atoms with van der Waals surface area (Å²) in [5.41, 5.74) is 4.30. The van der Waals surface area contributed by atoms with Crippen LogP contribution in [-0.2, 0) is 22.1 Å². The molecule has 0 aliphatic carbocycles. The number of fused-ring (bicyclic) bond motifs is 1. The lowest BCUT2D eigenvalue weighted by molar-refractivity contribution is -0.137. The number of primary amides is 1. The van der Waals surface area contributed by atoms with E-state index < -0.39 is 40.6 Å². The molecule has 4 aromatic rings. The Morgan fingerprint density at radius 1 is 1.18 bits per heavy atom. The molecule has 2 amide bonds. The molecule has 2 saturated heterocycles. The molecule has 0 bridgehead atoms. The highest BCUT2D eigenvalue weighted by Crippen LogP contribution is 2.36. The SMILES string of the molecule is CCc1c(N2CCN(C(=O)c3ncnc(C)c3O)CC2)c(=O)n2nc(C#CC3(C)COC3)nc2n1C(C(N)=O)c1ccc(C(F)(F)F)cc1Cl. The summed E-state index contributed by atoms with van der Waals surface area (Å²) in [6, 6.07) is 1.04. The van der Waals surface area contributed by atoms with E-state index in [0.29, 0.717) is 19.3 Å². The molecular formula is C32H31ClF3N9O5. The molecule has 5 heterocycles. The number of alkyl halides is 3. The van der Waals surface area contributed by atoms with Crippen molar-refractivity contribution in [3.05, 3.63) is 73.9 Å². The maximum absolute atomic E-state index is 14.3. The van der Waals surface area contributed by atoms with E-state index in [0.717, 1.165) is 16.6 Å². The quantitative estimate of drug-likeness (QED) is 0.283. The molecule has 14 nitrogen and oxygen atoms in total. The van der Waals surface area contributed by atoms with Gasteiger partial charge in [-0.1, -0.05) is 30.5 Å². The second-order valence-corrected chi connectivity index (χ2v) is 12.7. The third kappa shape index (κ3) is 6.20. The number of piperazine rings is 1. The molecule has 1 unspecified atom stereocenters. The maximum Gasteiger partial charge on any atom is 0.416 e. The largest absolute Gasteiger partial charge is 0.504 e. The third-order valence-corrected chi connectivity index (χ3v) is 8.99. The first-order valence-electron chi connectivity index (χ1n) is 15.5. The Balaban J connectivity index is 1.48. The van der Waals surface area contributed by atoms with Crippen LogP contribution in [0.2, 0.25) is 5.02 Å². The summed E-state index contributed by atoms with van der Waals surface area (Å²) in [6.45, 7) is 6.49. The van der Waals surface area contributed by atoms with Gasteiger partial charge in [-0.25, -0.2) is 9.97 Å². The van der Waals surface area contributed by atoms with Crippen LogP contribution in [0, 0.1) is 24.2 Å². The van der Waals surface area contributed by atoms with Crippen LogP contribution in [0.25, 0.3) is 5.78 Å². The summed E-state index contributed by atoms with van der Waals surface area (Å²) in [5.74, 6) is 3.92. The average Bonchev–Trinajstić information content (AvgIpc) is 3.49. The van der Waals surface area contributed by atoms with Crippen LogP contribution < -0.4 is 16.2 Å². The summed E-state index contributed by atoms with van der Waals surface area (Å²) < 4.78 is 48.2. The summed E-state index contributed by atoms with van der Waals surface area (Å²) in [4.78, 5) is 56.3. The molecule has 18 heteroatoms. The van der Waals surface area contributed by atoms with Crippen LogP contribution in [0.5, 0.6) is 5.75 Å². The first-order chi connectivity index (χ1) is 23.6. The summed E-state index contributed by atoms with van der Waals surface area (Å²) in [5, 5.41) is 14.4. The zero-order valence-corrected chi connectivity index (χ0v) is 27.8. The lowest BCUT2D eigenvalue weighted by Gasteiger charge is -2.37. The van der Waals surface area contributed by atoms with Gasteiger partial charge in [0.2, 0.25) is 17.5 Å². The highest BCUT2D eigenvalue weighted by atomic mass is 35.5. The molecule has 2 fully saturated rings. The summed E-state index contributed by atoms with van der Waals surface area (Å²) >= 11 is 6.40. The van der Waals surface area contributed by atoms with Crippen LogP contribution in [0.4, 0.5) is 18.9 Å². The van der Waals surface area contributed by atoms with Crippen molar-refractivity contribution in [2.24, 2.45) is 11.1 Å². The Morgan fingerprint density at radius 3 is 2.46 bits per heavy atom.